The molecule has 0 unspecified atom stereocenters. The number of nitro groups is 1. The van der Waals surface area contributed by atoms with Gasteiger partial charge in [-0.2, -0.15) is 0 Å². The van der Waals surface area contributed by atoms with Gasteiger partial charge in [0.25, 0.3) is 11.6 Å². The van der Waals surface area contributed by atoms with Crippen molar-refractivity contribution in [3.05, 3.63) is 62.1 Å². The quantitative estimate of drug-likeness (QED) is 0.390. The highest BCUT2D eigenvalue weighted by atomic mass is 35.5. The number of nitrogens with one attached hydrogen (secondary N) is 1. The molecule has 0 fully saturated rings. The molecule has 2 aromatic rings. The third kappa shape index (κ3) is 5.39. The SMILES string of the molecule is NS(=O)(=O)c1ccc(Cl)c(C(=O)OCC(=O)Nc2ccc(Cl)cc2[N+](=O)[O-])c1. The number of nitrogens with two attached hydrogens (primary N) is 1. The Hall–Kier alpha value is -2.73. The standard InChI is InChI=1S/C15H11Cl2N3O7S/c16-8-1-4-12(13(5-8)20(23)24)19-14(21)7-27-15(22)10-6-9(28(18,25)26)2-3-11(10)17/h1-6H,7H2,(H,19,21)(H2,18,25,26). The summed E-state index contributed by atoms with van der Waals surface area (Å²) >= 11 is 11.5. The Morgan fingerprint density at radius 1 is 1.18 bits per heavy atom. The average molecular weight is 448 g/mol. The fourth-order valence-corrected chi connectivity index (χ4v) is 2.90. The summed E-state index contributed by atoms with van der Waals surface area (Å²) in [6.45, 7) is -0.811. The monoisotopic (exact) mass is 447 g/mol. The number of halogens is 2. The molecule has 10 nitrogen and oxygen atoms in total. The first-order valence-corrected chi connectivity index (χ1v) is 9.52. The lowest BCUT2D eigenvalue weighted by Crippen LogP contribution is -2.22. The number of esters is 1. The van der Waals surface area contributed by atoms with Crippen molar-refractivity contribution in [3.8, 4) is 0 Å². The number of primary sulfonamides is 1. The molecule has 0 radical (unpaired) electrons. The molecule has 0 spiro atoms. The van der Waals surface area contributed by atoms with Crippen LogP contribution in [0.4, 0.5) is 11.4 Å². The van der Waals surface area contributed by atoms with Gasteiger partial charge in [-0.05, 0) is 30.3 Å². The van der Waals surface area contributed by atoms with E-state index in [2.05, 4.69) is 5.32 Å². The lowest BCUT2D eigenvalue weighted by Gasteiger charge is -2.09. The van der Waals surface area contributed by atoms with Crippen LogP contribution in [0.15, 0.2) is 41.3 Å². The maximum atomic E-state index is 12.1. The summed E-state index contributed by atoms with van der Waals surface area (Å²) in [5.41, 5.74) is -0.917. The molecule has 0 saturated carbocycles. The Morgan fingerprint density at radius 3 is 2.46 bits per heavy atom. The van der Waals surface area contributed by atoms with Crippen molar-refractivity contribution >= 4 is 56.5 Å². The van der Waals surface area contributed by atoms with Gasteiger partial charge in [0.1, 0.15) is 5.69 Å². The molecule has 0 aliphatic heterocycles. The summed E-state index contributed by atoms with van der Waals surface area (Å²) in [7, 11) is -4.08. The van der Waals surface area contributed by atoms with Crippen molar-refractivity contribution < 1.29 is 27.7 Å². The Morgan fingerprint density at radius 2 is 1.86 bits per heavy atom. The van der Waals surface area contributed by atoms with Gasteiger partial charge >= 0.3 is 5.97 Å². The molecular weight excluding hydrogens is 437 g/mol. The van der Waals surface area contributed by atoms with E-state index in [1.807, 2.05) is 0 Å². The zero-order valence-corrected chi connectivity index (χ0v) is 16.0. The fourth-order valence-electron chi connectivity index (χ4n) is 1.99. The minimum Gasteiger partial charge on any atom is -0.452 e. The fraction of sp³-hybridized carbons (Fsp3) is 0.0667. The topological polar surface area (TPSA) is 159 Å². The van der Waals surface area contributed by atoms with E-state index in [0.29, 0.717) is 0 Å². The Kier molecular flexibility index (Phi) is 6.56. The summed E-state index contributed by atoms with van der Waals surface area (Å²) in [4.78, 5) is 33.9. The van der Waals surface area contributed by atoms with E-state index in [4.69, 9.17) is 33.1 Å². The number of carbonyl (C=O) groups is 2. The van der Waals surface area contributed by atoms with Gasteiger partial charge in [0, 0.05) is 11.1 Å². The van der Waals surface area contributed by atoms with E-state index in [1.54, 1.807) is 0 Å². The number of rotatable bonds is 6. The number of amides is 1. The van der Waals surface area contributed by atoms with E-state index < -0.39 is 39.1 Å². The van der Waals surface area contributed by atoms with Gasteiger partial charge < -0.3 is 10.1 Å². The Bertz CT molecular complexity index is 1070. The number of benzene rings is 2. The van der Waals surface area contributed by atoms with Crippen LogP contribution in [0.25, 0.3) is 0 Å². The van der Waals surface area contributed by atoms with Crippen LogP contribution in [0.5, 0.6) is 0 Å². The first kappa shape index (κ1) is 21.6. The van der Waals surface area contributed by atoms with Crippen molar-refractivity contribution in [1.82, 2.24) is 0 Å². The second-order valence-corrected chi connectivity index (χ2v) is 7.63. The van der Waals surface area contributed by atoms with Crippen LogP contribution in [0, 0.1) is 10.1 Å². The molecule has 0 saturated heterocycles. The van der Waals surface area contributed by atoms with Crippen LogP contribution in [0.3, 0.4) is 0 Å². The molecule has 28 heavy (non-hydrogen) atoms. The van der Waals surface area contributed by atoms with Gasteiger partial charge in [-0.1, -0.05) is 23.2 Å². The Labute approximate surface area is 168 Å². The van der Waals surface area contributed by atoms with Gasteiger partial charge in [-0.15, -0.1) is 0 Å². The average Bonchev–Trinajstić information content (AvgIpc) is 2.60. The molecule has 0 atom stereocenters. The molecule has 2 rings (SSSR count). The minimum absolute atomic E-state index is 0.0977. The number of hydrogen-bond acceptors (Lipinski definition) is 7. The van der Waals surface area contributed by atoms with Crippen LogP contribution in [-0.4, -0.2) is 31.8 Å². The summed E-state index contributed by atoms with van der Waals surface area (Å²) in [6.07, 6.45) is 0. The second-order valence-electron chi connectivity index (χ2n) is 5.23. The van der Waals surface area contributed by atoms with E-state index in [9.17, 15) is 28.1 Å². The van der Waals surface area contributed by atoms with E-state index in [0.717, 1.165) is 24.3 Å². The lowest BCUT2D eigenvalue weighted by atomic mass is 10.2. The molecule has 3 N–H and O–H groups in total. The van der Waals surface area contributed by atoms with E-state index >= 15 is 0 Å². The lowest BCUT2D eigenvalue weighted by molar-refractivity contribution is -0.383. The van der Waals surface area contributed by atoms with Crippen molar-refractivity contribution in [3.63, 3.8) is 0 Å². The minimum atomic E-state index is -4.08. The number of hydrogen-bond donors (Lipinski definition) is 2. The van der Waals surface area contributed by atoms with Gasteiger partial charge in [0.2, 0.25) is 10.0 Å². The number of carbonyl (C=O) groups excluding carboxylic acids is 2. The second kappa shape index (κ2) is 8.52. The molecule has 0 aliphatic carbocycles. The molecule has 13 heteroatoms. The molecule has 0 heterocycles. The molecule has 148 valence electrons. The summed E-state index contributed by atoms with van der Waals surface area (Å²) in [6, 6.07) is 6.72. The number of sulfonamides is 1. The Balaban J connectivity index is 2.10. The van der Waals surface area contributed by atoms with Crippen LogP contribution in [0.1, 0.15) is 10.4 Å². The molecule has 0 aliphatic rings. The highest BCUT2D eigenvalue weighted by Crippen LogP contribution is 2.27. The predicted molar refractivity (Wildman–Crippen MR) is 99.8 cm³/mol. The summed E-state index contributed by atoms with van der Waals surface area (Å²) < 4.78 is 27.5. The van der Waals surface area contributed by atoms with Gasteiger partial charge in [0.05, 0.1) is 20.4 Å². The van der Waals surface area contributed by atoms with Crippen molar-refractivity contribution in [2.75, 3.05) is 11.9 Å². The predicted octanol–water partition coefficient (Wildman–Crippen LogP) is 2.34. The molecule has 1 amide bonds. The zero-order chi connectivity index (χ0) is 21.1. The van der Waals surface area contributed by atoms with Crippen LogP contribution in [0.2, 0.25) is 10.0 Å². The largest absolute Gasteiger partial charge is 0.452 e. The number of ether oxygens (including phenoxy) is 1. The molecular formula is C15H11Cl2N3O7S. The van der Waals surface area contributed by atoms with Crippen molar-refractivity contribution in [1.29, 1.82) is 0 Å². The number of nitro benzene ring substituents is 1. The maximum Gasteiger partial charge on any atom is 0.340 e. The first-order chi connectivity index (χ1) is 13.0. The van der Waals surface area contributed by atoms with Crippen molar-refractivity contribution in [2.24, 2.45) is 5.14 Å². The third-order valence-corrected chi connectivity index (χ3v) is 4.73. The zero-order valence-electron chi connectivity index (χ0n) is 13.7. The smallest absolute Gasteiger partial charge is 0.340 e. The van der Waals surface area contributed by atoms with Gasteiger partial charge in [0.15, 0.2) is 6.61 Å². The van der Waals surface area contributed by atoms with Gasteiger partial charge in [-0.25, -0.2) is 18.4 Å². The van der Waals surface area contributed by atoms with Crippen LogP contribution < -0.4 is 10.5 Å². The highest BCUT2D eigenvalue weighted by Gasteiger charge is 2.20. The molecule has 0 aromatic heterocycles. The number of nitrogens with zero attached hydrogens (tertiary/aromatic N) is 1. The van der Waals surface area contributed by atoms with E-state index in [1.165, 1.54) is 12.1 Å². The number of anilines is 1. The molecule has 2 aromatic carbocycles. The van der Waals surface area contributed by atoms with Gasteiger partial charge in [-0.3, -0.25) is 14.9 Å². The van der Waals surface area contributed by atoms with Crippen LogP contribution >= 0.6 is 23.2 Å². The third-order valence-electron chi connectivity index (χ3n) is 3.25. The van der Waals surface area contributed by atoms with Crippen LogP contribution in [-0.2, 0) is 19.6 Å². The summed E-state index contributed by atoms with van der Waals surface area (Å²) in [5, 5.41) is 18.2. The van der Waals surface area contributed by atoms with E-state index in [-0.39, 0.29) is 26.2 Å². The van der Waals surface area contributed by atoms with Crippen molar-refractivity contribution in [2.45, 2.75) is 4.90 Å². The maximum absolute atomic E-state index is 12.1. The normalized spacial score (nSPS) is 11.0. The molecule has 0 bridgehead atoms. The summed E-state index contributed by atoms with van der Waals surface area (Å²) in [5.74, 6) is -1.96. The first-order valence-electron chi connectivity index (χ1n) is 7.22. The highest BCUT2D eigenvalue weighted by molar-refractivity contribution is 7.89.